The number of hydrogen-bond donors (Lipinski definition) is 0. The van der Waals surface area contributed by atoms with E-state index in [0.29, 0.717) is 0 Å². The molecule has 0 saturated carbocycles. The molecule has 0 unspecified atom stereocenters. The normalized spacial score (nSPS) is 12.6. The predicted octanol–water partition coefficient (Wildman–Crippen LogP) is 6.79. The molecule has 0 atom stereocenters. The minimum Gasteiger partial charge on any atom is -0.343 e. The minimum atomic E-state index is 0.151. The molecule has 25 heavy (non-hydrogen) atoms. The molecule has 0 N–H and O–H groups in total. The molecule has 134 valence electrons. The van der Waals surface area contributed by atoms with Crippen LogP contribution in [0.1, 0.15) is 65.3 Å². The molecule has 0 spiro atoms. The lowest BCUT2D eigenvalue weighted by atomic mass is 9.78. The third-order valence-corrected chi connectivity index (χ3v) is 6.60. The van der Waals surface area contributed by atoms with Crippen molar-refractivity contribution in [3.05, 3.63) is 44.5 Å². The van der Waals surface area contributed by atoms with Gasteiger partial charge in [0.15, 0.2) is 0 Å². The summed E-state index contributed by atoms with van der Waals surface area (Å²) in [5, 5.41) is 2.93. The Hall–Kier alpha value is -1.76. The van der Waals surface area contributed by atoms with Gasteiger partial charge in [0.1, 0.15) is 0 Å². The first kappa shape index (κ1) is 18.0. The van der Waals surface area contributed by atoms with E-state index in [1.807, 2.05) is 0 Å². The van der Waals surface area contributed by atoms with Crippen molar-refractivity contribution in [2.24, 2.45) is 7.05 Å². The van der Waals surface area contributed by atoms with Crippen LogP contribution in [-0.4, -0.2) is 4.57 Å². The van der Waals surface area contributed by atoms with Gasteiger partial charge in [-0.3, -0.25) is 0 Å². The van der Waals surface area contributed by atoms with E-state index in [2.05, 4.69) is 80.9 Å². The van der Waals surface area contributed by atoms with E-state index in [0.717, 1.165) is 0 Å². The highest BCUT2D eigenvalue weighted by atomic mass is 14.9. The molecule has 0 fully saturated rings. The molecule has 1 aromatic heterocycles. The van der Waals surface area contributed by atoms with E-state index in [1.165, 1.54) is 66.3 Å². The van der Waals surface area contributed by atoms with Crippen molar-refractivity contribution in [3.8, 4) is 0 Å². The molecule has 3 aromatic rings. The Morgan fingerprint density at radius 1 is 0.520 bits per heavy atom. The lowest BCUT2D eigenvalue weighted by molar-refractivity contribution is 0.582. The molecular weight excluding hydrogens is 302 g/mol. The maximum atomic E-state index is 2.45. The average molecular weight is 336 g/mol. The highest BCUT2D eigenvalue weighted by Gasteiger charge is 2.26. The van der Waals surface area contributed by atoms with Crippen molar-refractivity contribution in [1.82, 2.24) is 4.57 Å². The Bertz CT molecular complexity index is 1040. The predicted molar refractivity (Wildman–Crippen MR) is 112 cm³/mol. The van der Waals surface area contributed by atoms with Crippen molar-refractivity contribution in [3.63, 3.8) is 0 Å². The van der Waals surface area contributed by atoms with E-state index in [9.17, 15) is 0 Å². The monoisotopic (exact) mass is 335 g/mol. The van der Waals surface area contributed by atoms with Crippen molar-refractivity contribution < 1.29 is 0 Å². The zero-order valence-electron chi connectivity index (χ0n) is 17.9. The van der Waals surface area contributed by atoms with Crippen molar-refractivity contribution in [2.75, 3.05) is 0 Å². The second-order valence-electron chi connectivity index (χ2n) is 9.01. The zero-order chi connectivity index (χ0) is 19.0. The van der Waals surface area contributed by atoms with Crippen LogP contribution in [0, 0.1) is 48.5 Å². The molecule has 3 rings (SSSR count). The van der Waals surface area contributed by atoms with Gasteiger partial charge in [0.2, 0.25) is 0 Å². The lowest BCUT2D eigenvalue weighted by Crippen LogP contribution is -2.16. The van der Waals surface area contributed by atoms with E-state index >= 15 is 0 Å². The SMILES string of the molecule is Cc1c(C)c(C)c2c(c1C)c1c(C)c(C(C)(C)C)c(C)c(C)c1n2C. The molecule has 0 amide bonds. The Kier molecular flexibility index (Phi) is 3.87. The zero-order valence-corrected chi connectivity index (χ0v) is 17.9. The number of aromatic nitrogens is 1. The quantitative estimate of drug-likeness (QED) is 0.426. The van der Waals surface area contributed by atoms with Gasteiger partial charge in [-0.25, -0.2) is 0 Å². The summed E-state index contributed by atoms with van der Waals surface area (Å²) in [4.78, 5) is 0. The standard InChI is InChI=1S/C24H33N/c1-12-13(2)16(5)22-19(14(12)3)20-18(7)21(24(8,9)10)15(4)17(6)23(20)25(22)11/h1-11H3. The Balaban J connectivity index is 2.77. The third-order valence-electron chi connectivity index (χ3n) is 6.60. The molecule has 1 heteroatoms. The van der Waals surface area contributed by atoms with E-state index < -0.39 is 0 Å². The second-order valence-corrected chi connectivity index (χ2v) is 9.01. The number of aryl methyl sites for hydroxylation is 5. The van der Waals surface area contributed by atoms with Crippen molar-refractivity contribution in [1.29, 1.82) is 0 Å². The van der Waals surface area contributed by atoms with Crippen LogP contribution in [0.2, 0.25) is 0 Å². The van der Waals surface area contributed by atoms with Gasteiger partial charge in [-0.2, -0.15) is 0 Å². The molecular formula is C24H33N. The molecule has 0 aliphatic rings. The molecule has 1 heterocycles. The highest BCUT2D eigenvalue weighted by molar-refractivity contribution is 6.14. The maximum absolute atomic E-state index is 2.45. The molecule has 0 saturated heterocycles. The van der Waals surface area contributed by atoms with Gasteiger partial charge in [-0.1, -0.05) is 20.8 Å². The summed E-state index contributed by atoms with van der Waals surface area (Å²) in [7, 11) is 2.24. The summed E-state index contributed by atoms with van der Waals surface area (Å²) in [5.41, 5.74) is 14.6. The summed E-state index contributed by atoms with van der Waals surface area (Å²) in [5.74, 6) is 0. The molecule has 0 aliphatic carbocycles. The Labute approximate surface area is 153 Å². The molecule has 0 bridgehead atoms. The van der Waals surface area contributed by atoms with Crippen molar-refractivity contribution in [2.45, 2.75) is 74.7 Å². The van der Waals surface area contributed by atoms with Crippen LogP contribution in [0.4, 0.5) is 0 Å². The Morgan fingerprint density at radius 2 is 0.920 bits per heavy atom. The van der Waals surface area contributed by atoms with Crippen LogP contribution in [0.3, 0.4) is 0 Å². The van der Waals surface area contributed by atoms with Gasteiger partial charge in [-0.05, 0) is 98.4 Å². The van der Waals surface area contributed by atoms with E-state index in [-0.39, 0.29) is 5.41 Å². The number of fused-ring (bicyclic) bond motifs is 3. The molecule has 0 radical (unpaired) electrons. The van der Waals surface area contributed by atoms with Gasteiger partial charge in [-0.15, -0.1) is 0 Å². The van der Waals surface area contributed by atoms with Crippen molar-refractivity contribution >= 4 is 21.8 Å². The molecule has 2 aromatic carbocycles. The van der Waals surface area contributed by atoms with Crippen LogP contribution in [0.15, 0.2) is 0 Å². The largest absolute Gasteiger partial charge is 0.343 e. The summed E-state index contributed by atoms with van der Waals surface area (Å²) in [6, 6.07) is 0. The first-order valence-electron chi connectivity index (χ1n) is 9.39. The van der Waals surface area contributed by atoms with Gasteiger partial charge >= 0.3 is 0 Å². The fourth-order valence-corrected chi connectivity index (χ4v) is 5.12. The number of hydrogen-bond acceptors (Lipinski definition) is 0. The third kappa shape index (κ3) is 2.21. The maximum Gasteiger partial charge on any atom is 0.0524 e. The summed E-state index contributed by atoms with van der Waals surface area (Å²) in [6.45, 7) is 23.1. The number of rotatable bonds is 0. The number of nitrogens with zero attached hydrogens (tertiary/aromatic N) is 1. The first-order valence-corrected chi connectivity index (χ1v) is 9.39. The van der Waals surface area contributed by atoms with Crippen LogP contribution < -0.4 is 0 Å². The fraction of sp³-hybridized carbons (Fsp3) is 0.500. The summed E-state index contributed by atoms with van der Waals surface area (Å²) in [6.07, 6.45) is 0. The summed E-state index contributed by atoms with van der Waals surface area (Å²) < 4.78 is 2.45. The van der Waals surface area contributed by atoms with Crippen LogP contribution >= 0.6 is 0 Å². The molecule has 0 aliphatic heterocycles. The van der Waals surface area contributed by atoms with Crippen LogP contribution in [-0.2, 0) is 12.5 Å². The van der Waals surface area contributed by atoms with E-state index in [1.54, 1.807) is 0 Å². The van der Waals surface area contributed by atoms with Gasteiger partial charge in [0.25, 0.3) is 0 Å². The summed E-state index contributed by atoms with van der Waals surface area (Å²) >= 11 is 0. The van der Waals surface area contributed by atoms with Crippen LogP contribution in [0.5, 0.6) is 0 Å². The number of benzene rings is 2. The van der Waals surface area contributed by atoms with Crippen LogP contribution in [0.25, 0.3) is 21.8 Å². The minimum absolute atomic E-state index is 0.151. The molecule has 1 nitrogen and oxygen atoms in total. The Morgan fingerprint density at radius 3 is 1.40 bits per heavy atom. The second kappa shape index (κ2) is 5.37. The van der Waals surface area contributed by atoms with Gasteiger partial charge in [0.05, 0.1) is 11.0 Å². The van der Waals surface area contributed by atoms with E-state index in [4.69, 9.17) is 0 Å². The fourth-order valence-electron chi connectivity index (χ4n) is 5.12. The first-order chi connectivity index (χ1) is 11.4. The van der Waals surface area contributed by atoms with Gasteiger partial charge < -0.3 is 4.57 Å². The average Bonchev–Trinajstić information content (AvgIpc) is 2.81. The van der Waals surface area contributed by atoms with Gasteiger partial charge in [0, 0.05) is 17.8 Å². The lowest BCUT2D eigenvalue weighted by Gasteiger charge is -2.27. The highest BCUT2D eigenvalue weighted by Crippen LogP contribution is 2.43. The smallest absolute Gasteiger partial charge is 0.0524 e. The topological polar surface area (TPSA) is 4.93 Å².